The van der Waals surface area contributed by atoms with Crippen molar-refractivity contribution >= 4 is 33.8 Å². The Morgan fingerprint density at radius 1 is 1.14 bits per heavy atom. The Bertz CT molecular complexity index is 952. The highest BCUT2D eigenvalue weighted by molar-refractivity contribution is 7.19. The number of nitrogens with zero attached hydrogens (tertiary/aromatic N) is 5. The summed E-state index contributed by atoms with van der Waals surface area (Å²) in [5.41, 5.74) is 4.05. The molecule has 4 rings (SSSR count). The first-order valence-corrected chi connectivity index (χ1v) is 10.7. The van der Waals surface area contributed by atoms with Crippen molar-refractivity contribution in [1.82, 2.24) is 15.0 Å². The van der Waals surface area contributed by atoms with Crippen LogP contribution in [0, 0.1) is 6.92 Å². The molecule has 1 fully saturated rings. The summed E-state index contributed by atoms with van der Waals surface area (Å²) in [4.78, 5) is 19.3. The molecule has 1 aliphatic heterocycles. The highest BCUT2D eigenvalue weighted by Crippen LogP contribution is 2.33. The van der Waals surface area contributed by atoms with E-state index in [-0.39, 0.29) is 0 Å². The largest absolute Gasteiger partial charge is 0.378 e. The standard InChI is InChI=1S/C21H26N6OS/c1-4-26(3)21-23-15(2)19(29-21)18-9-10-22-20(25-18)24-16-5-7-17(8-6-16)27-11-13-28-14-12-27/h5-10H,4,11-14H2,1-3H3,(H,22,24,25). The van der Waals surface area contributed by atoms with E-state index in [0.717, 1.165) is 59.9 Å². The van der Waals surface area contributed by atoms with Gasteiger partial charge in [-0.15, -0.1) is 0 Å². The minimum atomic E-state index is 0.583. The van der Waals surface area contributed by atoms with Crippen molar-refractivity contribution in [3.63, 3.8) is 0 Å². The van der Waals surface area contributed by atoms with Gasteiger partial charge >= 0.3 is 0 Å². The van der Waals surface area contributed by atoms with Crippen LogP contribution in [0.5, 0.6) is 0 Å². The molecule has 1 aromatic carbocycles. The van der Waals surface area contributed by atoms with Crippen LogP contribution in [0.15, 0.2) is 36.5 Å². The van der Waals surface area contributed by atoms with E-state index in [1.54, 1.807) is 17.5 Å². The molecule has 0 aliphatic carbocycles. The topological polar surface area (TPSA) is 66.4 Å². The van der Waals surface area contributed by atoms with E-state index >= 15 is 0 Å². The maximum absolute atomic E-state index is 5.42. The summed E-state index contributed by atoms with van der Waals surface area (Å²) in [5, 5.41) is 4.32. The zero-order valence-electron chi connectivity index (χ0n) is 17.1. The number of benzene rings is 1. The monoisotopic (exact) mass is 410 g/mol. The lowest BCUT2D eigenvalue weighted by Gasteiger charge is -2.28. The molecule has 152 valence electrons. The van der Waals surface area contributed by atoms with Crippen LogP contribution in [0.1, 0.15) is 12.6 Å². The number of morpholine rings is 1. The molecular weight excluding hydrogens is 384 g/mol. The van der Waals surface area contributed by atoms with Crippen LogP contribution in [0.2, 0.25) is 0 Å². The summed E-state index contributed by atoms with van der Waals surface area (Å²) >= 11 is 1.66. The van der Waals surface area contributed by atoms with Crippen LogP contribution < -0.4 is 15.1 Å². The van der Waals surface area contributed by atoms with Gasteiger partial charge in [-0.2, -0.15) is 0 Å². The van der Waals surface area contributed by atoms with Crippen LogP contribution >= 0.6 is 11.3 Å². The number of rotatable bonds is 6. The molecule has 1 aliphatic rings. The number of hydrogen-bond donors (Lipinski definition) is 1. The first-order chi connectivity index (χ1) is 14.1. The minimum Gasteiger partial charge on any atom is -0.378 e. The quantitative estimate of drug-likeness (QED) is 0.660. The molecule has 0 spiro atoms. The van der Waals surface area contributed by atoms with Crippen molar-refractivity contribution in [2.75, 3.05) is 55.0 Å². The van der Waals surface area contributed by atoms with Gasteiger partial charge in [0, 0.05) is 44.3 Å². The Kier molecular flexibility index (Phi) is 5.92. The lowest BCUT2D eigenvalue weighted by molar-refractivity contribution is 0.122. The molecule has 3 heterocycles. The van der Waals surface area contributed by atoms with E-state index in [1.165, 1.54) is 5.69 Å². The Balaban J connectivity index is 1.50. The molecule has 0 amide bonds. The van der Waals surface area contributed by atoms with Gasteiger partial charge in [0.25, 0.3) is 0 Å². The van der Waals surface area contributed by atoms with Crippen LogP contribution in [0.25, 0.3) is 10.6 Å². The van der Waals surface area contributed by atoms with Gasteiger partial charge in [-0.1, -0.05) is 11.3 Å². The third-order valence-electron chi connectivity index (χ3n) is 4.97. The predicted molar refractivity (Wildman–Crippen MR) is 120 cm³/mol. The summed E-state index contributed by atoms with van der Waals surface area (Å²) in [6.45, 7) is 8.50. The minimum absolute atomic E-state index is 0.583. The molecule has 0 unspecified atom stereocenters. The molecule has 0 radical (unpaired) electrons. The van der Waals surface area contributed by atoms with Gasteiger partial charge in [0.05, 0.1) is 29.5 Å². The Morgan fingerprint density at radius 2 is 1.90 bits per heavy atom. The van der Waals surface area contributed by atoms with Gasteiger partial charge in [-0.05, 0) is 44.2 Å². The molecule has 2 aromatic heterocycles. The van der Waals surface area contributed by atoms with Crippen LogP contribution in [0.3, 0.4) is 0 Å². The van der Waals surface area contributed by atoms with Gasteiger partial charge in [0.15, 0.2) is 5.13 Å². The van der Waals surface area contributed by atoms with Crippen LogP contribution in [-0.2, 0) is 4.74 Å². The van der Waals surface area contributed by atoms with Gasteiger partial charge in [-0.3, -0.25) is 0 Å². The molecule has 3 aromatic rings. The highest BCUT2D eigenvalue weighted by Gasteiger charge is 2.14. The average molecular weight is 411 g/mol. The Hall–Kier alpha value is -2.71. The van der Waals surface area contributed by atoms with Gasteiger partial charge in [0.1, 0.15) is 0 Å². The van der Waals surface area contributed by atoms with Crippen LogP contribution in [0.4, 0.5) is 22.5 Å². The molecule has 1 saturated heterocycles. The smallest absolute Gasteiger partial charge is 0.227 e. The normalized spacial score (nSPS) is 14.1. The number of nitrogens with one attached hydrogen (secondary N) is 1. The van der Waals surface area contributed by atoms with Gasteiger partial charge < -0.3 is 19.9 Å². The second-order valence-electron chi connectivity index (χ2n) is 6.96. The maximum atomic E-state index is 5.42. The fraction of sp³-hybridized carbons (Fsp3) is 0.381. The summed E-state index contributed by atoms with van der Waals surface area (Å²) < 4.78 is 5.42. The van der Waals surface area contributed by atoms with E-state index in [0.29, 0.717) is 5.95 Å². The molecule has 0 atom stereocenters. The number of ether oxygens (including phenoxy) is 1. The first-order valence-electron chi connectivity index (χ1n) is 9.86. The maximum Gasteiger partial charge on any atom is 0.227 e. The zero-order valence-corrected chi connectivity index (χ0v) is 17.9. The number of aryl methyl sites for hydroxylation is 1. The van der Waals surface area contributed by atoms with Crippen molar-refractivity contribution in [1.29, 1.82) is 0 Å². The molecule has 0 bridgehead atoms. The van der Waals surface area contributed by atoms with Gasteiger partial charge in [-0.25, -0.2) is 15.0 Å². The van der Waals surface area contributed by atoms with E-state index in [4.69, 9.17) is 9.72 Å². The lowest BCUT2D eigenvalue weighted by atomic mass is 10.2. The van der Waals surface area contributed by atoms with E-state index < -0.39 is 0 Å². The second kappa shape index (κ2) is 8.75. The van der Waals surface area contributed by atoms with E-state index in [2.05, 4.69) is 63.3 Å². The second-order valence-corrected chi connectivity index (χ2v) is 7.94. The molecule has 1 N–H and O–H groups in total. The third-order valence-corrected chi connectivity index (χ3v) is 6.27. The third kappa shape index (κ3) is 4.49. The number of aromatic nitrogens is 3. The molecule has 0 saturated carbocycles. The molecular formula is C21H26N6OS. The van der Waals surface area contributed by atoms with Gasteiger partial charge in [0.2, 0.25) is 5.95 Å². The lowest BCUT2D eigenvalue weighted by Crippen LogP contribution is -2.36. The first kappa shape index (κ1) is 19.6. The number of hydrogen-bond acceptors (Lipinski definition) is 8. The van der Waals surface area contributed by atoms with Crippen molar-refractivity contribution in [2.24, 2.45) is 0 Å². The summed E-state index contributed by atoms with van der Waals surface area (Å²) in [5.74, 6) is 0.583. The van der Waals surface area contributed by atoms with Crippen molar-refractivity contribution < 1.29 is 4.74 Å². The molecule has 8 heteroatoms. The predicted octanol–water partition coefficient (Wildman–Crippen LogP) is 3.94. The summed E-state index contributed by atoms with van der Waals surface area (Å²) in [6, 6.07) is 10.3. The molecule has 7 nitrogen and oxygen atoms in total. The number of thiazole rings is 1. The average Bonchev–Trinajstić information content (AvgIpc) is 3.16. The zero-order chi connectivity index (χ0) is 20.2. The Labute approximate surface area is 175 Å². The summed E-state index contributed by atoms with van der Waals surface area (Å²) in [6.07, 6.45) is 1.79. The Morgan fingerprint density at radius 3 is 2.62 bits per heavy atom. The fourth-order valence-electron chi connectivity index (χ4n) is 3.17. The van der Waals surface area contributed by atoms with Crippen LogP contribution in [-0.4, -0.2) is 54.8 Å². The number of anilines is 4. The summed E-state index contributed by atoms with van der Waals surface area (Å²) in [7, 11) is 2.05. The van der Waals surface area contributed by atoms with Crippen molar-refractivity contribution in [2.45, 2.75) is 13.8 Å². The van der Waals surface area contributed by atoms with E-state index in [1.807, 2.05) is 13.0 Å². The van der Waals surface area contributed by atoms with Crippen molar-refractivity contribution in [3.05, 3.63) is 42.2 Å². The van der Waals surface area contributed by atoms with Crippen molar-refractivity contribution in [3.8, 4) is 10.6 Å². The molecule has 29 heavy (non-hydrogen) atoms. The highest BCUT2D eigenvalue weighted by atomic mass is 32.1. The SMILES string of the molecule is CCN(C)c1nc(C)c(-c2ccnc(Nc3ccc(N4CCOCC4)cc3)n2)s1. The fourth-order valence-corrected chi connectivity index (χ4v) is 4.23. The van der Waals surface area contributed by atoms with E-state index in [9.17, 15) is 0 Å².